The van der Waals surface area contributed by atoms with E-state index >= 15 is 0 Å². The number of aldehydes is 1. The number of carbonyl (C=O) groups is 2. The predicted octanol–water partition coefficient (Wildman–Crippen LogP) is 3.70. The molecule has 2 aromatic rings. The van der Waals surface area contributed by atoms with Crippen molar-refractivity contribution in [2.75, 3.05) is 6.54 Å². The van der Waals surface area contributed by atoms with E-state index in [2.05, 4.69) is 21.2 Å². The van der Waals surface area contributed by atoms with Crippen LogP contribution in [0.3, 0.4) is 0 Å². The molecule has 0 spiro atoms. The second-order valence-corrected chi connectivity index (χ2v) is 5.29. The van der Waals surface area contributed by atoms with E-state index in [0.717, 1.165) is 10.0 Å². The first-order valence-corrected chi connectivity index (χ1v) is 7.24. The molecule has 0 fully saturated rings. The lowest BCUT2D eigenvalue weighted by Crippen LogP contribution is -2.24. The molecule has 2 rings (SSSR count). The van der Waals surface area contributed by atoms with E-state index in [1.165, 1.54) is 0 Å². The van der Waals surface area contributed by atoms with Gasteiger partial charge in [0.25, 0.3) is 5.91 Å². The van der Waals surface area contributed by atoms with Gasteiger partial charge in [0.05, 0.1) is 0 Å². The summed E-state index contributed by atoms with van der Waals surface area (Å²) >= 11 is 3.40. The molecule has 106 valence electrons. The molecule has 0 aromatic heterocycles. The smallest absolute Gasteiger partial charge is 0.252 e. The minimum Gasteiger partial charge on any atom is -0.349 e. The van der Waals surface area contributed by atoms with Crippen LogP contribution in [-0.4, -0.2) is 18.7 Å². The largest absolute Gasteiger partial charge is 0.349 e. The number of carbonyl (C=O) groups excluding carboxylic acids is 2. The highest BCUT2D eigenvalue weighted by Crippen LogP contribution is 2.12. The topological polar surface area (TPSA) is 46.2 Å². The van der Waals surface area contributed by atoms with Crippen LogP contribution >= 0.6 is 15.9 Å². The van der Waals surface area contributed by atoms with Crippen LogP contribution in [0.5, 0.6) is 0 Å². The normalized spacial score (nSPS) is 10.5. The van der Waals surface area contributed by atoms with Gasteiger partial charge >= 0.3 is 0 Å². The molecule has 0 aliphatic carbocycles. The summed E-state index contributed by atoms with van der Waals surface area (Å²) in [6.45, 7) is 0.401. The van der Waals surface area contributed by atoms with E-state index in [4.69, 9.17) is 0 Å². The van der Waals surface area contributed by atoms with Gasteiger partial charge in [-0.05, 0) is 23.8 Å². The summed E-state index contributed by atoms with van der Waals surface area (Å²) in [5, 5.41) is 2.76. The van der Waals surface area contributed by atoms with Crippen molar-refractivity contribution in [2.24, 2.45) is 0 Å². The highest BCUT2D eigenvalue weighted by Gasteiger charge is 2.08. The van der Waals surface area contributed by atoms with Gasteiger partial charge in [-0.3, -0.25) is 9.59 Å². The van der Waals surface area contributed by atoms with Crippen LogP contribution in [0.1, 0.15) is 26.3 Å². The predicted molar refractivity (Wildman–Crippen MR) is 87.3 cm³/mol. The van der Waals surface area contributed by atoms with Gasteiger partial charge in [-0.2, -0.15) is 0 Å². The summed E-state index contributed by atoms with van der Waals surface area (Å²) in [6.07, 6.45) is 4.48. The van der Waals surface area contributed by atoms with Crippen molar-refractivity contribution >= 4 is 34.2 Å². The Bertz CT molecular complexity index is 680. The van der Waals surface area contributed by atoms with Crippen molar-refractivity contribution in [1.82, 2.24) is 5.32 Å². The van der Waals surface area contributed by atoms with Gasteiger partial charge in [-0.15, -0.1) is 0 Å². The monoisotopic (exact) mass is 343 g/mol. The SMILES string of the molecule is O=Cc1ccccc1C(=O)NC/C=C/c1cccc(Br)c1. The Labute approximate surface area is 131 Å². The molecular weight excluding hydrogens is 330 g/mol. The maximum Gasteiger partial charge on any atom is 0.252 e. The molecule has 21 heavy (non-hydrogen) atoms. The molecule has 0 saturated carbocycles. The van der Waals surface area contributed by atoms with Gasteiger partial charge in [0.2, 0.25) is 0 Å². The summed E-state index contributed by atoms with van der Waals surface area (Å²) in [4.78, 5) is 22.9. The maximum atomic E-state index is 12.0. The fourth-order valence-corrected chi connectivity index (χ4v) is 2.28. The van der Waals surface area contributed by atoms with Crippen LogP contribution in [0.2, 0.25) is 0 Å². The summed E-state index contributed by atoms with van der Waals surface area (Å²) < 4.78 is 1.01. The fourth-order valence-electron chi connectivity index (χ4n) is 1.86. The minimum absolute atomic E-state index is 0.253. The maximum absolute atomic E-state index is 12.0. The standard InChI is InChI=1S/C17H14BrNO2/c18-15-8-3-5-13(11-15)6-4-10-19-17(21)16-9-2-1-7-14(16)12-20/h1-9,11-12H,10H2,(H,19,21)/b6-4+. The van der Waals surface area contributed by atoms with Crippen LogP contribution in [-0.2, 0) is 0 Å². The molecule has 0 bridgehead atoms. The quantitative estimate of drug-likeness (QED) is 0.841. The Kier molecular flexibility index (Phi) is 5.46. The van der Waals surface area contributed by atoms with Crippen molar-refractivity contribution in [1.29, 1.82) is 0 Å². The molecule has 0 aliphatic heterocycles. The molecule has 0 heterocycles. The number of rotatable bonds is 5. The molecule has 0 unspecified atom stereocenters. The zero-order valence-electron chi connectivity index (χ0n) is 11.3. The van der Waals surface area contributed by atoms with E-state index in [1.807, 2.05) is 36.4 Å². The van der Waals surface area contributed by atoms with E-state index in [-0.39, 0.29) is 5.91 Å². The molecule has 0 radical (unpaired) electrons. The Balaban J connectivity index is 1.94. The first-order valence-electron chi connectivity index (χ1n) is 6.45. The van der Waals surface area contributed by atoms with E-state index in [1.54, 1.807) is 24.3 Å². The van der Waals surface area contributed by atoms with E-state index in [0.29, 0.717) is 24.0 Å². The van der Waals surface area contributed by atoms with Crippen LogP contribution < -0.4 is 5.32 Å². The van der Waals surface area contributed by atoms with Gasteiger partial charge in [0.1, 0.15) is 0 Å². The van der Waals surface area contributed by atoms with Crippen molar-refractivity contribution in [2.45, 2.75) is 0 Å². The van der Waals surface area contributed by atoms with Crippen LogP contribution in [0.25, 0.3) is 6.08 Å². The summed E-state index contributed by atoms with van der Waals surface area (Å²) in [6, 6.07) is 14.6. The molecule has 4 heteroatoms. The highest BCUT2D eigenvalue weighted by molar-refractivity contribution is 9.10. The van der Waals surface area contributed by atoms with Gasteiger partial charge < -0.3 is 5.32 Å². The summed E-state index contributed by atoms with van der Waals surface area (Å²) in [5.74, 6) is -0.253. The number of hydrogen-bond donors (Lipinski definition) is 1. The van der Waals surface area contributed by atoms with Crippen molar-refractivity contribution in [3.05, 3.63) is 75.8 Å². The number of hydrogen-bond acceptors (Lipinski definition) is 2. The third kappa shape index (κ3) is 4.39. The van der Waals surface area contributed by atoms with Gasteiger partial charge in [-0.1, -0.05) is 58.4 Å². The minimum atomic E-state index is -0.253. The average Bonchev–Trinajstić information content (AvgIpc) is 2.51. The first-order chi connectivity index (χ1) is 10.2. The van der Waals surface area contributed by atoms with Gasteiger partial charge in [-0.25, -0.2) is 0 Å². The summed E-state index contributed by atoms with van der Waals surface area (Å²) in [5.41, 5.74) is 1.83. The molecule has 0 atom stereocenters. The zero-order chi connectivity index (χ0) is 15.1. The van der Waals surface area contributed by atoms with Crippen molar-refractivity contribution in [3.8, 4) is 0 Å². The Morgan fingerprint density at radius 1 is 1.14 bits per heavy atom. The van der Waals surface area contributed by atoms with E-state index in [9.17, 15) is 9.59 Å². The second-order valence-electron chi connectivity index (χ2n) is 4.37. The second kappa shape index (κ2) is 7.55. The third-order valence-electron chi connectivity index (χ3n) is 2.87. The van der Waals surface area contributed by atoms with Crippen LogP contribution in [0, 0.1) is 0 Å². The number of nitrogens with one attached hydrogen (secondary N) is 1. The lowest BCUT2D eigenvalue weighted by molar-refractivity contribution is 0.0952. The Morgan fingerprint density at radius 2 is 1.95 bits per heavy atom. The van der Waals surface area contributed by atoms with Crippen LogP contribution in [0.15, 0.2) is 59.1 Å². The molecule has 0 aliphatic rings. The zero-order valence-corrected chi connectivity index (χ0v) is 12.8. The highest BCUT2D eigenvalue weighted by atomic mass is 79.9. The van der Waals surface area contributed by atoms with Crippen LogP contribution in [0.4, 0.5) is 0 Å². The van der Waals surface area contributed by atoms with E-state index < -0.39 is 0 Å². The third-order valence-corrected chi connectivity index (χ3v) is 3.37. The van der Waals surface area contributed by atoms with Gasteiger partial charge in [0, 0.05) is 22.1 Å². The fraction of sp³-hybridized carbons (Fsp3) is 0.0588. The van der Waals surface area contributed by atoms with Gasteiger partial charge in [0.15, 0.2) is 6.29 Å². The average molecular weight is 344 g/mol. The molecule has 1 N–H and O–H groups in total. The first kappa shape index (κ1) is 15.2. The Morgan fingerprint density at radius 3 is 2.71 bits per heavy atom. The molecule has 2 aromatic carbocycles. The lowest BCUT2D eigenvalue weighted by Gasteiger charge is -2.04. The Hall–Kier alpha value is -2.20. The molecular formula is C17H14BrNO2. The van der Waals surface area contributed by atoms with Crippen molar-refractivity contribution < 1.29 is 9.59 Å². The molecule has 1 amide bonds. The summed E-state index contributed by atoms with van der Waals surface area (Å²) in [7, 11) is 0. The lowest BCUT2D eigenvalue weighted by atomic mass is 10.1. The molecule has 3 nitrogen and oxygen atoms in total. The number of halogens is 1. The van der Waals surface area contributed by atoms with Crippen molar-refractivity contribution in [3.63, 3.8) is 0 Å². The number of benzene rings is 2. The number of amides is 1. The molecule has 0 saturated heterocycles.